The summed E-state index contributed by atoms with van der Waals surface area (Å²) in [4.78, 5) is 41.0. The summed E-state index contributed by atoms with van der Waals surface area (Å²) in [5.41, 5.74) is 1.63. The van der Waals surface area contributed by atoms with Crippen LogP contribution in [0.25, 0.3) is 32.3 Å². The largest absolute Gasteiger partial charge is 0.497 e. The first-order valence-corrected chi connectivity index (χ1v) is 15.2. The van der Waals surface area contributed by atoms with Gasteiger partial charge in [-0.1, -0.05) is 54.6 Å². The van der Waals surface area contributed by atoms with Crippen molar-refractivity contribution in [1.29, 1.82) is 0 Å². The fourth-order valence-electron chi connectivity index (χ4n) is 5.93. The minimum absolute atomic E-state index is 0.0642. The molecule has 0 heterocycles. The Balaban J connectivity index is 1.26. The second-order valence-corrected chi connectivity index (χ2v) is 11.5. The lowest BCUT2D eigenvalue weighted by Gasteiger charge is -2.16. The molecule has 6 heteroatoms. The lowest BCUT2D eigenvalue weighted by molar-refractivity contribution is 0.0885. The van der Waals surface area contributed by atoms with Gasteiger partial charge < -0.3 is 14.2 Å². The zero-order chi connectivity index (χ0) is 32.2. The van der Waals surface area contributed by atoms with E-state index in [1.54, 1.807) is 39.5 Å². The lowest BCUT2D eigenvalue weighted by atomic mass is 9.86. The van der Waals surface area contributed by atoms with Crippen molar-refractivity contribution in [1.82, 2.24) is 0 Å². The van der Waals surface area contributed by atoms with Crippen molar-refractivity contribution in [3.05, 3.63) is 126 Å². The topological polar surface area (TPSA) is 78.9 Å². The highest BCUT2D eigenvalue weighted by Gasteiger charge is 2.24. The number of Topliss-reactive ketones (excluding diaryl/α,β-unsaturated/α-hetero) is 3. The quantitative estimate of drug-likeness (QED) is 0.129. The average Bonchev–Trinajstić information content (AvgIpc) is 3.09. The molecular formula is C40H34O6. The summed E-state index contributed by atoms with van der Waals surface area (Å²) in [6.45, 7) is 0. The first-order valence-electron chi connectivity index (χ1n) is 15.2. The van der Waals surface area contributed by atoms with Gasteiger partial charge in [-0.2, -0.15) is 0 Å². The van der Waals surface area contributed by atoms with E-state index in [0.717, 1.165) is 49.6 Å². The predicted octanol–water partition coefficient (Wildman–Crippen LogP) is 8.91. The number of carbonyl (C=O) groups is 3. The van der Waals surface area contributed by atoms with E-state index in [1.165, 1.54) is 0 Å². The van der Waals surface area contributed by atoms with Crippen LogP contribution in [0.3, 0.4) is 0 Å². The van der Waals surface area contributed by atoms with E-state index in [-0.39, 0.29) is 36.6 Å². The lowest BCUT2D eigenvalue weighted by Crippen LogP contribution is -2.18. The highest BCUT2D eigenvalue weighted by molar-refractivity contribution is 6.04. The zero-order valence-corrected chi connectivity index (χ0v) is 26.0. The first kappa shape index (κ1) is 30.5. The number of carbonyl (C=O) groups excluding carboxylic acids is 3. The number of ketones is 3. The maximum absolute atomic E-state index is 13.7. The molecule has 0 amide bonds. The van der Waals surface area contributed by atoms with Gasteiger partial charge in [0, 0.05) is 36.0 Å². The van der Waals surface area contributed by atoms with Crippen LogP contribution in [0, 0.1) is 5.92 Å². The third-order valence-electron chi connectivity index (χ3n) is 8.53. The standard InChI is InChI=1S/C40H34O6/c1-44-35-13-10-26-19-32(7-4-29(26)22-35)38(41)16-25(17-39(42)33-8-5-30-23-36(45-2)14-11-27(30)20-33)18-40(43)34-9-6-31-24-37(46-3)15-12-28(31)21-34/h4-15,19-25H,16-18H2,1-3H3. The molecular weight excluding hydrogens is 576 g/mol. The van der Waals surface area contributed by atoms with Crippen LogP contribution in [0.5, 0.6) is 17.2 Å². The fraction of sp³-hybridized carbons (Fsp3) is 0.175. The minimum Gasteiger partial charge on any atom is -0.497 e. The molecule has 0 unspecified atom stereocenters. The molecule has 6 aromatic carbocycles. The van der Waals surface area contributed by atoms with E-state index in [2.05, 4.69) is 0 Å². The summed E-state index contributed by atoms with van der Waals surface area (Å²) in [5, 5.41) is 5.62. The van der Waals surface area contributed by atoms with Crippen LogP contribution in [0.2, 0.25) is 0 Å². The van der Waals surface area contributed by atoms with E-state index in [9.17, 15) is 14.4 Å². The third-order valence-corrected chi connectivity index (χ3v) is 8.53. The Labute approximate surface area is 267 Å². The van der Waals surface area contributed by atoms with Crippen molar-refractivity contribution in [2.75, 3.05) is 21.3 Å². The van der Waals surface area contributed by atoms with Gasteiger partial charge in [0.15, 0.2) is 17.3 Å². The Morgan fingerprint density at radius 1 is 0.413 bits per heavy atom. The summed E-state index contributed by atoms with van der Waals surface area (Å²) in [5.74, 6) is 1.40. The monoisotopic (exact) mass is 610 g/mol. The molecule has 0 aliphatic rings. The number of rotatable bonds is 12. The molecule has 0 aromatic heterocycles. The van der Waals surface area contributed by atoms with Crippen molar-refractivity contribution in [2.45, 2.75) is 19.3 Å². The molecule has 6 rings (SSSR count). The second kappa shape index (κ2) is 13.2. The third kappa shape index (κ3) is 6.61. The number of fused-ring (bicyclic) bond motifs is 3. The van der Waals surface area contributed by atoms with Gasteiger partial charge in [-0.05, 0) is 92.8 Å². The van der Waals surface area contributed by atoms with Gasteiger partial charge in [0.1, 0.15) is 17.2 Å². The summed E-state index contributed by atoms with van der Waals surface area (Å²) in [7, 11) is 4.85. The second-order valence-electron chi connectivity index (χ2n) is 11.5. The maximum atomic E-state index is 13.7. The summed E-state index contributed by atoms with van der Waals surface area (Å²) in [6, 6.07) is 33.7. The maximum Gasteiger partial charge on any atom is 0.163 e. The average molecular weight is 611 g/mol. The van der Waals surface area contributed by atoms with Crippen molar-refractivity contribution in [2.24, 2.45) is 5.92 Å². The number of hydrogen-bond donors (Lipinski definition) is 0. The molecule has 230 valence electrons. The van der Waals surface area contributed by atoms with Crippen molar-refractivity contribution in [3.8, 4) is 17.2 Å². The van der Waals surface area contributed by atoms with E-state index >= 15 is 0 Å². The highest BCUT2D eigenvalue weighted by atomic mass is 16.5. The van der Waals surface area contributed by atoms with Crippen LogP contribution in [0.4, 0.5) is 0 Å². The van der Waals surface area contributed by atoms with E-state index in [0.29, 0.717) is 16.7 Å². The molecule has 6 aromatic rings. The van der Waals surface area contributed by atoms with Gasteiger partial charge in [0.05, 0.1) is 21.3 Å². The van der Waals surface area contributed by atoms with Crippen LogP contribution in [0.1, 0.15) is 50.3 Å². The van der Waals surface area contributed by atoms with Crippen LogP contribution in [-0.2, 0) is 0 Å². The molecule has 0 radical (unpaired) electrons. The number of methoxy groups -OCH3 is 3. The molecule has 0 N–H and O–H groups in total. The SMILES string of the molecule is COc1ccc2cc(C(=O)CC(CC(=O)c3ccc4cc(OC)ccc4c3)CC(=O)c3ccc4cc(OC)ccc4c3)ccc2c1. The van der Waals surface area contributed by atoms with Gasteiger partial charge in [-0.3, -0.25) is 14.4 Å². The van der Waals surface area contributed by atoms with Gasteiger partial charge in [-0.25, -0.2) is 0 Å². The van der Waals surface area contributed by atoms with E-state index in [1.807, 2.05) is 91.0 Å². The van der Waals surface area contributed by atoms with Crippen molar-refractivity contribution < 1.29 is 28.6 Å². The molecule has 0 bridgehead atoms. The highest BCUT2D eigenvalue weighted by Crippen LogP contribution is 2.29. The molecule has 6 nitrogen and oxygen atoms in total. The van der Waals surface area contributed by atoms with Gasteiger partial charge in [-0.15, -0.1) is 0 Å². The van der Waals surface area contributed by atoms with Crippen LogP contribution in [0.15, 0.2) is 109 Å². The molecule has 0 aliphatic carbocycles. The Kier molecular flexibility index (Phi) is 8.79. The molecule has 0 saturated carbocycles. The van der Waals surface area contributed by atoms with Crippen LogP contribution >= 0.6 is 0 Å². The smallest absolute Gasteiger partial charge is 0.163 e. The fourth-order valence-corrected chi connectivity index (χ4v) is 5.93. The van der Waals surface area contributed by atoms with E-state index in [4.69, 9.17) is 14.2 Å². The molecule has 0 spiro atoms. The summed E-state index contributed by atoms with van der Waals surface area (Å²) < 4.78 is 16.0. The summed E-state index contributed by atoms with van der Waals surface area (Å²) in [6.07, 6.45) is 0.193. The number of benzene rings is 6. The Morgan fingerprint density at radius 3 is 0.957 bits per heavy atom. The number of ether oxygens (including phenoxy) is 3. The molecule has 0 fully saturated rings. The first-order chi connectivity index (χ1) is 22.3. The molecule has 46 heavy (non-hydrogen) atoms. The normalized spacial score (nSPS) is 11.2. The van der Waals surface area contributed by atoms with Crippen molar-refractivity contribution in [3.63, 3.8) is 0 Å². The van der Waals surface area contributed by atoms with Crippen LogP contribution < -0.4 is 14.2 Å². The van der Waals surface area contributed by atoms with Gasteiger partial charge >= 0.3 is 0 Å². The number of hydrogen-bond acceptors (Lipinski definition) is 6. The van der Waals surface area contributed by atoms with Crippen molar-refractivity contribution >= 4 is 49.7 Å². The molecule has 0 aliphatic heterocycles. The molecule has 0 saturated heterocycles. The predicted molar refractivity (Wildman–Crippen MR) is 182 cm³/mol. The Bertz CT molecular complexity index is 1870. The Morgan fingerprint density at radius 2 is 0.674 bits per heavy atom. The zero-order valence-electron chi connectivity index (χ0n) is 26.0. The Hall–Kier alpha value is -5.49. The van der Waals surface area contributed by atoms with Gasteiger partial charge in [0.25, 0.3) is 0 Å². The summed E-state index contributed by atoms with van der Waals surface area (Å²) >= 11 is 0. The van der Waals surface area contributed by atoms with E-state index < -0.39 is 5.92 Å². The van der Waals surface area contributed by atoms with Crippen LogP contribution in [-0.4, -0.2) is 38.7 Å². The van der Waals surface area contributed by atoms with Gasteiger partial charge in [0.2, 0.25) is 0 Å². The minimum atomic E-state index is -0.489. The molecule has 0 atom stereocenters.